The molecular weight excluding hydrogens is 285 g/mol. The zero-order valence-electron chi connectivity index (χ0n) is 13.4. The van der Waals surface area contributed by atoms with Gasteiger partial charge in [-0.15, -0.1) is 0 Å². The molecule has 0 aliphatic rings. The molecule has 22 heavy (non-hydrogen) atoms. The highest BCUT2D eigenvalue weighted by Crippen LogP contribution is 2.17. The molecule has 122 valence electrons. The number of aliphatic hydroxyl groups is 1. The molecule has 1 amide bonds. The van der Waals surface area contributed by atoms with Crippen molar-refractivity contribution in [3.63, 3.8) is 0 Å². The Bertz CT molecular complexity index is 532. The fraction of sp³-hybridized carbons (Fsp3) is 0.529. The zero-order chi connectivity index (χ0) is 16.8. The molecule has 0 heterocycles. The summed E-state index contributed by atoms with van der Waals surface area (Å²) >= 11 is 0. The van der Waals surface area contributed by atoms with E-state index in [1.54, 1.807) is 13.0 Å². The molecule has 0 aromatic heterocycles. The van der Waals surface area contributed by atoms with E-state index in [0.29, 0.717) is 12.8 Å². The minimum absolute atomic E-state index is 0.0115. The van der Waals surface area contributed by atoms with Gasteiger partial charge in [0.05, 0.1) is 0 Å². The molecule has 0 fully saturated rings. The largest absolute Gasteiger partial charge is 0.396 e. The first kappa shape index (κ1) is 18.3. The van der Waals surface area contributed by atoms with Crippen LogP contribution in [0.5, 0.6) is 0 Å². The lowest BCUT2D eigenvalue weighted by atomic mass is 9.92. The number of aliphatic hydroxyl groups excluding tert-OH is 1. The molecule has 0 spiro atoms. The molecule has 0 radical (unpaired) electrons. The van der Waals surface area contributed by atoms with Crippen molar-refractivity contribution in [1.82, 2.24) is 5.32 Å². The van der Waals surface area contributed by atoms with E-state index in [9.17, 15) is 14.0 Å². The zero-order valence-corrected chi connectivity index (χ0v) is 13.4. The summed E-state index contributed by atoms with van der Waals surface area (Å²) < 4.78 is 13.2. The van der Waals surface area contributed by atoms with Gasteiger partial charge in [-0.3, -0.25) is 9.59 Å². The Kier molecular flexibility index (Phi) is 6.68. The molecule has 0 saturated heterocycles. The van der Waals surface area contributed by atoms with Crippen molar-refractivity contribution in [2.75, 3.05) is 6.61 Å². The van der Waals surface area contributed by atoms with E-state index < -0.39 is 17.3 Å². The maximum Gasteiger partial charge on any atom is 0.221 e. The summed E-state index contributed by atoms with van der Waals surface area (Å²) in [6.45, 7) is 5.43. The molecule has 0 bridgehead atoms. The number of carbonyl (C=O) groups is 2. The third-order valence-corrected chi connectivity index (χ3v) is 3.93. The summed E-state index contributed by atoms with van der Waals surface area (Å²) in [5, 5.41) is 11.9. The third-order valence-electron chi connectivity index (χ3n) is 3.93. The fourth-order valence-electron chi connectivity index (χ4n) is 2.26. The molecule has 2 atom stereocenters. The third kappa shape index (κ3) is 5.22. The van der Waals surface area contributed by atoms with Gasteiger partial charge in [0, 0.05) is 30.0 Å². The maximum atomic E-state index is 13.2. The molecular formula is C17H24FNO3. The van der Waals surface area contributed by atoms with E-state index in [-0.39, 0.29) is 30.3 Å². The lowest BCUT2D eigenvalue weighted by molar-refractivity contribution is -0.123. The molecule has 0 saturated carbocycles. The lowest BCUT2D eigenvalue weighted by Crippen LogP contribution is -2.46. The van der Waals surface area contributed by atoms with Gasteiger partial charge in [0.1, 0.15) is 5.82 Å². The molecule has 2 unspecified atom stereocenters. The first-order chi connectivity index (χ1) is 10.3. The van der Waals surface area contributed by atoms with E-state index in [0.717, 1.165) is 0 Å². The number of ketones is 1. The Morgan fingerprint density at radius 2 is 2.09 bits per heavy atom. The monoisotopic (exact) mass is 309 g/mol. The number of hydrogen-bond donors (Lipinski definition) is 2. The number of Topliss-reactive ketones (excluding diaryl/α,β-unsaturated/α-hetero) is 1. The first-order valence-corrected chi connectivity index (χ1v) is 7.53. The van der Waals surface area contributed by atoms with Crippen LogP contribution < -0.4 is 5.32 Å². The van der Waals surface area contributed by atoms with Gasteiger partial charge in [-0.05, 0) is 31.9 Å². The van der Waals surface area contributed by atoms with Gasteiger partial charge >= 0.3 is 0 Å². The van der Waals surface area contributed by atoms with Gasteiger partial charge in [0.25, 0.3) is 0 Å². The normalized spacial score (nSPS) is 15.0. The number of nitrogens with one attached hydrogen (secondary N) is 1. The molecule has 1 rings (SSSR count). The Morgan fingerprint density at radius 1 is 1.41 bits per heavy atom. The molecule has 1 aromatic carbocycles. The smallest absolute Gasteiger partial charge is 0.221 e. The van der Waals surface area contributed by atoms with Crippen molar-refractivity contribution in [1.29, 1.82) is 0 Å². The van der Waals surface area contributed by atoms with Crippen LogP contribution in [0.2, 0.25) is 0 Å². The van der Waals surface area contributed by atoms with E-state index in [1.807, 2.05) is 13.8 Å². The van der Waals surface area contributed by atoms with Crippen LogP contribution in [0.15, 0.2) is 24.3 Å². The summed E-state index contributed by atoms with van der Waals surface area (Å²) in [6, 6.07) is 5.47. The van der Waals surface area contributed by atoms with E-state index in [1.165, 1.54) is 18.2 Å². The second-order valence-corrected chi connectivity index (χ2v) is 5.92. The van der Waals surface area contributed by atoms with Crippen molar-refractivity contribution in [3.05, 3.63) is 35.6 Å². The summed E-state index contributed by atoms with van der Waals surface area (Å²) in [6.07, 6.45) is 1.18. The highest BCUT2D eigenvalue weighted by molar-refractivity contribution is 5.99. The van der Waals surface area contributed by atoms with Crippen LogP contribution in [0.4, 0.5) is 4.39 Å². The standard InChI is InChI=1S/C17H24FNO3/c1-4-17(3,8-9-20)19-15(21)10-12(2)16(22)13-6-5-7-14(18)11-13/h5-7,11-12,20H,4,8-10H2,1-3H3,(H,19,21). The number of halogens is 1. The van der Waals surface area contributed by atoms with Crippen LogP contribution >= 0.6 is 0 Å². The fourth-order valence-corrected chi connectivity index (χ4v) is 2.26. The van der Waals surface area contributed by atoms with Crippen molar-refractivity contribution in [2.45, 2.75) is 45.6 Å². The number of carbonyl (C=O) groups excluding carboxylic acids is 2. The molecule has 0 aliphatic carbocycles. The van der Waals surface area contributed by atoms with Crippen molar-refractivity contribution in [3.8, 4) is 0 Å². The van der Waals surface area contributed by atoms with Crippen LogP contribution in [-0.2, 0) is 4.79 Å². The maximum absolute atomic E-state index is 13.2. The van der Waals surface area contributed by atoms with E-state index in [4.69, 9.17) is 5.11 Å². The van der Waals surface area contributed by atoms with Crippen molar-refractivity contribution in [2.24, 2.45) is 5.92 Å². The highest BCUT2D eigenvalue weighted by Gasteiger charge is 2.26. The quantitative estimate of drug-likeness (QED) is 0.726. The van der Waals surface area contributed by atoms with Crippen LogP contribution in [0.25, 0.3) is 0 Å². The number of benzene rings is 1. The average molecular weight is 309 g/mol. The van der Waals surface area contributed by atoms with Crippen LogP contribution in [-0.4, -0.2) is 28.9 Å². The van der Waals surface area contributed by atoms with Crippen LogP contribution in [0, 0.1) is 11.7 Å². The van der Waals surface area contributed by atoms with Gasteiger partial charge in [-0.1, -0.05) is 26.0 Å². The van der Waals surface area contributed by atoms with E-state index >= 15 is 0 Å². The predicted molar refractivity (Wildman–Crippen MR) is 83.1 cm³/mol. The predicted octanol–water partition coefficient (Wildman–Crippen LogP) is 2.70. The summed E-state index contributed by atoms with van der Waals surface area (Å²) in [5.74, 6) is -1.49. The highest BCUT2D eigenvalue weighted by atomic mass is 19.1. The number of hydrogen-bond acceptors (Lipinski definition) is 3. The SMILES string of the molecule is CCC(C)(CCO)NC(=O)CC(C)C(=O)c1cccc(F)c1. The van der Waals surface area contributed by atoms with Gasteiger partial charge in [-0.2, -0.15) is 0 Å². The number of amides is 1. The number of rotatable bonds is 8. The van der Waals surface area contributed by atoms with Crippen LogP contribution in [0.1, 0.15) is 50.4 Å². The molecule has 5 heteroatoms. The first-order valence-electron chi connectivity index (χ1n) is 7.53. The summed E-state index contributed by atoms with van der Waals surface area (Å²) in [4.78, 5) is 24.3. The minimum atomic E-state index is -0.531. The van der Waals surface area contributed by atoms with Gasteiger partial charge < -0.3 is 10.4 Å². The van der Waals surface area contributed by atoms with E-state index in [2.05, 4.69) is 5.32 Å². The van der Waals surface area contributed by atoms with Gasteiger partial charge in [-0.25, -0.2) is 4.39 Å². The molecule has 2 N–H and O–H groups in total. The lowest BCUT2D eigenvalue weighted by Gasteiger charge is -2.29. The summed E-state index contributed by atoms with van der Waals surface area (Å²) in [7, 11) is 0. The second kappa shape index (κ2) is 8.03. The second-order valence-electron chi connectivity index (χ2n) is 5.92. The van der Waals surface area contributed by atoms with Crippen molar-refractivity contribution < 1.29 is 19.1 Å². The molecule has 0 aliphatic heterocycles. The molecule has 4 nitrogen and oxygen atoms in total. The molecule has 1 aromatic rings. The Labute approximate surface area is 130 Å². The Morgan fingerprint density at radius 3 is 2.64 bits per heavy atom. The Balaban J connectivity index is 2.65. The van der Waals surface area contributed by atoms with Crippen LogP contribution in [0.3, 0.4) is 0 Å². The van der Waals surface area contributed by atoms with Gasteiger partial charge in [0.2, 0.25) is 5.91 Å². The van der Waals surface area contributed by atoms with Gasteiger partial charge in [0.15, 0.2) is 5.78 Å². The van der Waals surface area contributed by atoms with Crippen molar-refractivity contribution >= 4 is 11.7 Å². The topological polar surface area (TPSA) is 66.4 Å². The Hall–Kier alpha value is -1.75. The minimum Gasteiger partial charge on any atom is -0.396 e. The average Bonchev–Trinajstić information content (AvgIpc) is 2.46. The summed E-state index contributed by atoms with van der Waals surface area (Å²) in [5.41, 5.74) is -0.207.